The lowest BCUT2D eigenvalue weighted by molar-refractivity contribution is -0.148. The van der Waals surface area contributed by atoms with Crippen molar-refractivity contribution in [3.8, 4) is 11.5 Å². The maximum Gasteiger partial charge on any atom is 0.302 e. The van der Waals surface area contributed by atoms with Crippen molar-refractivity contribution in [2.24, 2.45) is 4.99 Å². The number of hydrogen-bond donors (Lipinski definition) is 0. The van der Waals surface area contributed by atoms with Crippen LogP contribution in [0.5, 0.6) is 11.5 Å². The first-order chi connectivity index (χ1) is 14.0. The number of benzene rings is 2. The molecule has 1 aliphatic carbocycles. The van der Waals surface area contributed by atoms with E-state index in [0.29, 0.717) is 17.9 Å². The molecule has 0 saturated heterocycles. The third kappa shape index (κ3) is 3.71. The topological polar surface area (TPSA) is 57.1 Å². The lowest BCUT2D eigenvalue weighted by atomic mass is 9.74. The van der Waals surface area contributed by atoms with E-state index in [0.717, 1.165) is 35.2 Å². The number of methoxy groups -OCH3 is 2. The van der Waals surface area contributed by atoms with Crippen LogP contribution >= 0.6 is 0 Å². The summed E-state index contributed by atoms with van der Waals surface area (Å²) in [5, 5.41) is 0. The van der Waals surface area contributed by atoms with Gasteiger partial charge in [-0.05, 0) is 61.2 Å². The summed E-state index contributed by atoms with van der Waals surface area (Å²) in [5.41, 5.74) is 3.73. The SMILES string of the molecule is COc1cc2c(cc1OC)C1CC(OC(C)=O)CCC1N=C2c1ccc(F)cc1. The highest BCUT2D eigenvalue weighted by Gasteiger charge is 2.38. The van der Waals surface area contributed by atoms with Crippen molar-refractivity contribution in [3.63, 3.8) is 0 Å². The summed E-state index contributed by atoms with van der Waals surface area (Å²) < 4.78 is 30.0. The number of carbonyl (C=O) groups excluding carboxylic acids is 1. The van der Waals surface area contributed by atoms with Gasteiger partial charge in [0.05, 0.1) is 26.0 Å². The van der Waals surface area contributed by atoms with Crippen LogP contribution in [0.15, 0.2) is 41.4 Å². The Morgan fingerprint density at radius 1 is 1.07 bits per heavy atom. The second-order valence-corrected chi connectivity index (χ2v) is 7.50. The Hall–Kier alpha value is -2.89. The number of esters is 1. The minimum atomic E-state index is -0.280. The standard InChI is InChI=1S/C23H24FNO4/c1-13(26)29-16-8-9-20-18(10-16)17-11-21(27-2)22(28-3)12-19(17)23(25-20)14-4-6-15(24)7-5-14/h4-7,11-12,16,18,20H,8-10H2,1-3H3. The molecule has 1 fully saturated rings. The van der Waals surface area contributed by atoms with Gasteiger partial charge in [-0.1, -0.05) is 0 Å². The van der Waals surface area contributed by atoms with Crippen LogP contribution in [0.2, 0.25) is 0 Å². The summed E-state index contributed by atoms with van der Waals surface area (Å²) in [5.74, 6) is 0.851. The average Bonchev–Trinajstić information content (AvgIpc) is 2.72. The Morgan fingerprint density at radius 2 is 1.76 bits per heavy atom. The fourth-order valence-corrected chi connectivity index (χ4v) is 4.43. The van der Waals surface area contributed by atoms with Gasteiger partial charge in [-0.2, -0.15) is 0 Å². The molecule has 2 aromatic carbocycles. The second kappa shape index (κ2) is 7.85. The van der Waals surface area contributed by atoms with Gasteiger partial charge in [-0.3, -0.25) is 9.79 Å². The molecular weight excluding hydrogens is 373 g/mol. The zero-order valence-electron chi connectivity index (χ0n) is 16.8. The van der Waals surface area contributed by atoms with Crippen molar-refractivity contribution in [1.82, 2.24) is 0 Å². The highest BCUT2D eigenvalue weighted by Crippen LogP contribution is 2.45. The van der Waals surface area contributed by atoms with E-state index in [1.54, 1.807) is 26.4 Å². The first-order valence-electron chi connectivity index (χ1n) is 9.77. The maximum absolute atomic E-state index is 13.5. The third-order valence-electron chi connectivity index (χ3n) is 5.72. The highest BCUT2D eigenvalue weighted by atomic mass is 19.1. The molecule has 5 nitrogen and oxygen atoms in total. The normalized spacial score (nSPS) is 22.8. The van der Waals surface area contributed by atoms with Gasteiger partial charge in [0, 0.05) is 24.0 Å². The van der Waals surface area contributed by atoms with Crippen LogP contribution in [-0.4, -0.2) is 38.0 Å². The molecule has 29 heavy (non-hydrogen) atoms. The molecule has 6 heteroatoms. The fraction of sp³-hybridized carbons (Fsp3) is 0.391. The van der Waals surface area contributed by atoms with Crippen LogP contribution in [-0.2, 0) is 9.53 Å². The molecule has 0 radical (unpaired) electrons. The Bertz CT molecular complexity index is 954. The first-order valence-corrected chi connectivity index (χ1v) is 9.77. The Morgan fingerprint density at radius 3 is 2.41 bits per heavy atom. The number of carbonyl (C=O) groups is 1. The van der Waals surface area contributed by atoms with E-state index < -0.39 is 0 Å². The monoisotopic (exact) mass is 397 g/mol. The molecule has 3 atom stereocenters. The van der Waals surface area contributed by atoms with Crippen molar-refractivity contribution in [2.75, 3.05) is 14.2 Å². The smallest absolute Gasteiger partial charge is 0.302 e. The summed E-state index contributed by atoms with van der Waals surface area (Å²) in [6, 6.07) is 10.4. The summed E-state index contributed by atoms with van der Waals surface area (Å²) in [6.07, 6.45) is 2.20. The zero-order chi connectivity index (χ0) is 20.5. The molecule has 1 aliphatic heterocycles. The first kappa shape index (κ1) is 19.4. The summed E-state index contributed by atoms with van der Waals surface area (Å²) >= 11 is 0. The van der Waals surface area contributed by atoms with Crippen LogP contribution in [0.1, 0.15) is 48.8 Å². The number of fused-ring (bicyclic) bond motifs is 3. The van der Waals surface area contributed by atoms with E-state index >= 15 is 0 Å². The predicted octanol–water partition coefficient (Wildman–Crippen LogP) is 4.26. The molecule has 0 amide bonds. The third-order valence-corrected chi connectivity index (χ3v) is 5.72. The van der Waals surface area contributed by atoms with Crippen LogP contribution in [0.4, 0.5) is 4.39 Å². The number of halogens is 1. The quantitative estimate of drug-likeness (QED) is 0.724. The number of hydrogen-bond acceptors (Lipinski definition) is 5. The minimum absolute atomic E-state index is 0.0764. The lowest BCUT2D eigenvalue weighted by Crippen LogP contribution is -2.36. The molecule has 1 heterocycles. The number of nitrogens with zero attached hydrogens (tertiary/aromatic N) is 1. The van der Waals surface area contributed by atoms with Gasteiger partial charge >= 0.3 is 5.97 Å². The van der Waals surface area contributed by atoms with Crippen LogP contribution in [0.25, 0.3) is 0 Å². The van der Waals surface area contributed by atoms with Crippen molar-refractivity contribution < 1.29 is 23.4 Å². The minimum Gasteiger partial charge on any atom is -0.493 e. The zero-order valence-corrected chi connectivity index (χ0v) is 16.8. The van der Waals surface area contributed by atoms with Crippen molar-refractivity contribution >= 4 is 11.7 Å². The van der Waals surface area contributed by atoms with Crippen LogP contribution in [0, 0.1) is 5.82 Å². The molecule has 0 spiro atoms. The van der Waals surface area contributed by atoms with Gasteiger partial charge < -0.3 is 14.2 Å². The summed E-state index contributed by atoms with van der Waals surface area (Å²) in [4.78, 5) is 16.5. The Balaban J connectivity index is 1.82. The maximum atomic E-state index is 13.5. The largest absolute Gasteiger partial charge is 0.493 e. The van der Waals surface area contributed by atoms with E-state index in [-0.39, 0.29) is 29.9 Å². The van der Waals surface area contributed by atoms with E-state index in [1.165, 1.54) is 19.1 Å². The van der Waals surface area contributed by atoms with Crippen molar-refractivity contribution in [1.29, 1.82) is 0 Å². The lowest BCUT2D eigenvalue weighted by Gasteiger charge is -2.38. The molecule has 2 aliphatic rings. The van der Waals surface area contributed by atoms with Gasteiger partial charge in [0.2, 0.25) is 0 Å². The molecule has 0 N–H and O–H groups in total. The number of ether oxygens (including phenoxy) is 3. The number of rotatable bonds is 4. The molecule has 0 bridgehead atoms. The van der Waals surface area contributed by atoms with Crippen LogP contribution in [0.3, 0.4) is 0 Å². The molecule has 2 aromatic rings. The molecule has 152 valence electrons. The van der Waals surface area contributed by atoms with Gasteiger partial charge in [0.25, 0.3) is 0 Å². The average molecular weight is 397 g/mol. The number of aliphatic imine (C=N–C) groups is 1. The van der Waals surface area contributed by atoms with E-state index in [1.807, 2.05) is 12.1 Å². The Kier molecular flexibility index (Phi) is 5.26. The van der Waals surface area contributed by atoms with E-state index in [4.69, 9.17) is 19.2 Å². The Labute approximate surface area is 169 Å². The van der Waals surface area contributed by atoms with Gasteiger partial charge in [-0.25, -0.2) is 4.39 Å². The summed E-state index contributed by atoms with van der Waals surface area (Å²) in [7, 11) is 3.21. The van der Waals surface area contributed by atoms with Gasteiger partial charge in [0.1, 0.15) is 11.9 Å². The van der Waals surface area contributed by atoms with Gasteiger partial charge in [-0.15, -0.1) is 0 Å². The molecule has 3 unspecified atom stereocenters. The molecule has 1 saturated carbocycles. The van der Waals surface area contributed by atoms with Crippen LogP contribution < -0.4 is 9.47 Å². The predicted molar refractivity (Wildman–Crippen MR) is 108 cm³/mol. The summed E-state index contributed by atoms with van der Waals surface area (Å²) in [6.45, 7) is 1.44. The fourth-order valence-electron chi connectivity index (χ4n) is 4.43. The molecular formula is C23H24FNO4. The second-order valence-electron chi connectivity index (χ2n) is 7.50. The van der Waals surface area contributed by atoms with E-state index in [2.05, 4.69) is 0 Å². The highest BCUT2D eigenvalue weighted by molar-refractivity contribution is 6.15. The van der Waals surface area contributed by atoms with Crippen molar-refractivity contribution in [3.05, 3.63) is 58.9 Å². The van der Waals surface area contributed by atoms with Gasteiger partial charge in [0.15, 0.2) is 11.5 Å². The molecule has 0 aromatic heterocycles. The molecule has 4 rings (SSSR count). The van der Waals surface area contributed by atoms with E-state index in [9.17, 15) is 9.18 Å². The van der Waals surface area contributed by atoms with Crippen molar-refractivity contribution in [2.45, 2.75) is 44.2 Å².